The number of ether oxygens (including phenoxy) is 4. The SMILES string of the molecule is CCCCCCCCCOC(=O)CCCCCCCN(CCO)CCCCCCOC(=O)CCCCC(OCCCCCC)OCCCCCC. The molecule has 0 aromatic rings. The average molecular weight is 728 g/mol. The highest BCUT2D eigenvalue weighted by atomic mass is 16.7. The van der Waals surface area contributed by atoms with Gasteiger partial charge in [0.2, 0.25) is 0 Å². The molecule has 304 valence electrons. The molecule has 0 saturated carbocycles. The maximum atomic E-state index is 12.3. The van der Waals surface area contributed by atoms with Crippen molar-refractivity contribution in [3.63, 3.8) is 0 Å². The Hall–Kier alpha value is -1.22. The fourth-order valence-electron chi connectivity index (χ4n) is 6.26. The molecule has 0 aromatic heterocycles. The third kappa shape index (κ3) is 38.3. The molecule has 0 unspecified atom stereocenters. The highest BCUT2D eigenvalue weighted by Gasteiger charge is 2.11. The molecule has 8 heteroatoms. The number of unbranched alkanes of at least 4 members (excludes halogenated alkanes) is 20. The number of hydrogen-bond acceptors (Lipinski definition) is 8. The van der Waals surface area contributed by atoms with E-state index in [1.807, 2.05) is 0 Å². The van der Waals surface area contributed by atoms with E-state index in [9.17, 15) is 14.7 Å². The lowest BCUT2D eigenvalue weighted by Gasteiger charge is -2.21. The molecular weight excluding hydrogens is 642 g/mol. The first-order valence-corrected chi connectivity index (χ1v) is 21.9. The number of aliphatic hydroxyl groups excluding tert-OH is 1. The number of rotatable bonds is 42. The van der Waals surface area contributed by atoms with Crippen LogP contribution >= 0.6 is 0 Å². The largest absolute Gasteiger partial charge is 0.466 e. The smallest absolute Gasteiger partial charge is 0.305 e. The average Bonchev–Trinajstić information content (AvgIpc) is 3.12. The molecule has 0 spiro atoms. The molecule has 0 fully saturated rings. The van der Waals surface area contributed by atoms with Crippen molar-refractivity contribution >= 4 is 11.9 Å². The first kappa shape index (κ1) is 49.8. The van der Waals surface area contributed by atoms with Gasteiger partial charge < -0.3 is 29.0 Å². The summed E-state index contributed by atoms with van der Waals surface area (Å²) in [6.45, 7) is 12.2. The molecule has 0 atom stereocenters. The van der Waals surface area contributed by atoms with E-state index < -0.39 is 0 Å². The van der Waals surface area contributed by atoms with Crippen molar-refractivity contribution in [2.45, 2.75) is 213 Å². The summed E-state index contributed by atoms with van der Waals surface area (Å²) in [5.74, 6) is -0.138. The van der Waals surface area contributed by atoms with Gasteiger partial charge in [-0.1, -0.05) is 130 Å². The van der Waals surface area contributed by atoms with E-state index in [1.165, 1.54) is 70.6 Å². The Morgan fingerprint density at radius 3 is 1.29 bits per heavy atom. The summed E-state index contributed by atoms with van der Waals surface area (Å²) in [7, 11) is 0. The summed E-state index contributed by atoms with van der Waals surface area (Å²) in [6.07, 6.45) is 31.1. The fraction of sp³-hybridized carbons (Fsp3) is 0.953. The highest BCUT2D eigenvalue weighted by molar-refractivity contribution is 5.69. The minimum absolute atomic E-state index is 0.0407. The Morgan fingerprint density at radius 1 is 0.451 bits per heavy atom. The zero-order valence-corrected chi connectivity index (χ0v) is 34.1. The zero-order chi connectivity index (χ0) is 37.3. The lowest BCUT2D eigenvalue weighted by atomic mass is 10.1. The van der Waals surface area contributed by atoms with Crippen LogP contribution in [0.3, 0.4) is 0 Å². The number of aliphatic hydroxyl groups is 1. The molecule has 0 saturated heterocycles. The Bertz CT molecular complexity index is 708. The number of carbonyl (C=O) groups is 2. The number of esters is 2. The second-order valence-corrected chi connectivity index (χ2v) is 14.6. The summed E-state index contributed by atoms with van der Waals surface area (Å²) < 4.78 is 23.0. The standard InChI is InChI=1S/C43H85NO7/c1-4-7-10-13-14-19-28-37-48-41(46)30-21-16-15-17-24-33-44(35-36-45)34-25-18-20-29-38-49-42(47)31-22-23-32-43(50-39-26-11-8-5-2)51-40-27-12-9-6-3/h43,45H,4-40H2,1-3H3. The Morgan fingerprint density at radius 2 is 0.824 bits per heavy atom. The fourth-order valence-corrected chi connectivity index (χ4v) is 6.26. The van der Waals surface area contributed by atoms with E-state index in [1.54, 1.807) is 0 Å². The van der Waals surface area contributed by atoms with E-state index in [-0.39, 0.29) is 24.8 Å². The maximum absolute atomic E-state index is 12.3. The van der Waals surface area contributed by atoms with Gasteiger partial charge in [0.05, 0.1) is 19.8 Å². The molecule has 51 heavy (non-hydrogen) atoms. The van der Waals surface area contributed by atoms with Crippen LogP contribution in [0.2, 0.25) is 0 Å². The van der Waals surface area contributed by atoms with E-state index >= 15 is 0 Å². The van der Waals surface area contributed by atoms with Gasteiger partial charge in [0.25, 0.3) is 0 Å². The first-order chi connectivity index (χ1) is 25.1. The maximum Gasteiger partial charge on any atom is 0.305 e. The van der Waals surface area contributed by atoms with E-state index in [2.05, 4.69) is 25.7 Å². The predicted octanol–water partition coefficient (Wildman–Crippen LogP) is 11.1. The van der Waals surface area contributed by atoms with E-state index in [0.717, 1.165) is 136 Å². The summed E-state index contributed by atoms with van der Waals surface area (Å²) in [4.78, 5) is 26.6. The summed E-state index contributed by atoms with van der Waals surface area (Å²) in [6, 6.07) is 0. The monoisotopic (exact) mass is 728 g/mol. The van der Waals surface area contributed by atoms with Crippen LogP contribution in [0.15, 0.2) is 0 Å². The third-order valence-electron chi connectivity index (χ3n) is 9.59. The molecule has 0 amide bonds. The Balaban J connectivity index is 3.81. The summed E-state index contributed by atoms with van der Waals surface area (Å²) >= 11 is 0. The van der Waals surface area contributed by atoms with Crippen molar-refractivity contribution in [2.75, 3.05) is 52.7 Å². The van der Waals surface area contributed by atoms with Crippen LogP contribution in [0, 0.1) is 0 Å². The lowest BCUT2D eigenvalue weighted by Crippen LogP contribution is -2.29. The van der Waals surface area contributed by atoms with Crippen LogP contribution in [-0.2, 0) is 28.5 Å². The third-order valence-corrected chi connectivity index (χ3v) is 9.59. The van der Waals surface area contributed by atoms with Gasteiger partial charge in [0.1, 0.15) is 0 Å². The van der Waals surface area contributed by atoms with Gasteiger partial charge in [0.15, 0.2) is 6.29 Å². The molecule has 0 bridgehead atoms. The first-order valence-electron chi connectivity index (χ1n) is 21.9. The van der Waals surface area contributed by atoms with Gasteiger partial charge in [-0.25, -0.2) is 0 Å². The number of hydrogen-bond donors (Lipinski definition) is 1. The molecule has 1 N–H and O–H groups in total. The molecule has 0 heterocycles. The van der Waals surface area contributed by atoms with Crippen molar-refractivity contribution in [2.24, 2.45) is 0 Å². The van der Waals surface area contributed by atoms with Crippen molar-refractivity contribution in [3.8, 4) is 0 Å². The van der Waals surface area contributed by atoms with E-state index in [0.29, 0.717) is 26.1 Å². The zero-order valence-electron chi connectivity index (χ0n) is 34.1. The van der Waals surface area contributed by atoms with Gasteiger partial charge in [-0.05, 0) is 77.3 Å². The van der Waals surface area contributed by atoms with Crippen LogP contribution in [0.25, 0.3) is 0 Å². The van der Waals surface area contributed by atoms with Crippen molar-refractivity contribution in [3.05, 3.63) is 0 Å². The summed E-state index contributed by atoms with van der Waals surface area (Å²) in [5, 5.41) is 9.50. The van der Waals surface area contributed by atoms with Gasteiger partial charge >= 0.3 is 11.9 Å². The van der Waals surface area contributed by atoms with Crippen molar-refractivity contribution < 1.29 is 33.6 Å². The van der Waals surface area contributed by atoms with Crippen LogP contribution in [0.1, 0.15) is 207 Å². The molecule has 0 rings (SSSR count). The quantitative estimate of drug-likeness (QED) is 0.0377. The summed E-state index contributed by atoms with van der Waals surface area (Å²) in [5.41, 5.74) is 0. The molecule has 0 aliphatic rings. The minimum Gasteiger partial charge on any atom is -0.466 e. The Labute approximate surface area is 315 Å². The van der Waals surface area contributed by atoms with Crippen LogP contribution in [0.5, 0.6) is 0 Å². The lowest BCUT2D eigenvalue weighted by molar-refractivity contribution is -0.149. The van der Waals surface area contributed by atoms with E-state index in [4.69, 9.17) is 18.9 Å². The number of carbonyl (C=O) groups excluding carboxylic acids is 2. The topological polar surface area (TPSA) is 94.5 Å². The van der Waals surface area contributed by atoms with Crippen LogP contribution in [0.4, 0.5) is 0 Å². The predicted molar refractivity (Wildman–Crippen MR) is 212 cm³/mol. The molecule has 0 aliphatic heterocycles. The normalized spacial score (nSPS) is 11.6. The molecule has 0 aromatic carbocycles. The second-order valence-electron chi connectivity index (χ2n) is 14.6. The molecule has 0 radical (unpaired) electrons. The van der Waals surface area contributed by atoms with Crippen LogP contribution < -0.4 is 0 Å². The van der Waals surface area contributed by atoms with Crippen LogP contribution in [-0.4, -0.2) is 80.9 Å². The van der Waals surface area contributed by atoms with Crippen molar-refractivity contribution in [1.82, 2.24) is 4.90 Å². The molecular formula is C43H85NO7. The van der Waals surface area contributed by atoms with Gasteiger partial charge in [-0.2, -0.15) is 0 Å². The minimum atomic E-state index is -0.157. The Kier molecular flexibility index (Phi) is 40.5. The second kappa shape index (κ2) is 41.5. The van der Waals surface area contributed by atoms with Crippen molar-refractivity contribution in [1.29, 1.82) is 0 Å². The van der Waals surface area contributed by atoms with Gasteiger partial charge in [-0.3, -0.25) is 9.59 Å². The molecule has 0 aliphatic carbocycles. The van der Waals surface area contributed by atoms with Gasteiger partial charge in [-0.15, -0.1) is 0 Å². The molecule has 8 nitrogen and oxygen atoms in total. The highest BCUT2D eigenvalue weighted by Crippen LogP contribution is 2.13. The van der Waals surface area contributed by atoms with Gasteiger partial charge in [0, 0.05) is 32.6 Å². The number of nitrogens with zero attached hydrogens (tertiary/aromatic N) is 1.